The number of carbonyl (C=O) groups is 1. The fourth-order valence-corrected chi connectivity index (χ4v) is 5.17. The number of hydrogen-bond donors (Lipinski definition) is 2. The average molecular weight is 324 g/mol. The van der Waals surface area contributed by atoms with Gasteiger partial charge < -0.3 is 19.7 Å². The molecule has 23 heavy (non-hydrogen) atoms. The second kappa shape index (κ2) is 6.19. The maximum absolute atomic E-state index is 12.1. The molecule has 0 saturated heterocycles. The van der Waals surface area contributed by atoms with E-state index in [9.17, 15) is 9.90 Å². The molecule has 0 aliphatic heterocycles. The van der Waals surface area contributed by atoms with Crippen molar-refractivity contribution in [3.8, 4) is 0 Å². The first-order chi connectivity index (χ1) is 10.9. The smallest absolute Gasteiger partial charge is 0.333 e. The molecule has 2 N–H and O–H groups in total. The minimum atomic E-state index is -0.637. The standard InChI is InChI=1S/C18H28O5/c1-12(2)16(21)23-18-8-13-5-14(9-18)7-17(6-13,11-18)22-10-15(20)3-4-19/h13-15,19-20H,1,3-11H2,2H3. The van der Waals surface area contributed by atoms with Crippen LogP contribution in [0.1, 0.15) is 51.9 Å². The third-order valence-electron chi connectivity index (χ3n) is 5.66. The van der Waals surface area contributed by atoms with Gasteiger partial charge in [-0.1, -0.05) is 6.58 Å². The summed E-state index contributed by atoms with van der Waals surface area (Å²) < 4.78 is 12.0. The minimum Gasteiger partial charge on any atom is -0.456 e. The van der Waals surface area contributed by atoms with Crippen LogP contribution in [0.3, 0.4) is 0 Å². The van der Waals surface area contributed by atoms with Gasteiger partial charge in [-0.15, -0.1) is 0 Å². The highest BCUT2D eigenvalue weighted by atomic mass is 16.6. The van der Waals surface area contributed by atoms with E-state index in [1.165, 1.54) is 6.42 Å². The third-order valence-corrected chi connectivity index (χ3v) is 5.66. The fraction of sp³-hybridized carbons (Fsp3) is 0.833. The number of ether oxygens (including phenoxy) is 2. The van der Waals surface area contributed by atoms with E-state index in [2.05, 4.69) is 6.58 Å². The number of hydrogen-bond acceptors (Lipinski definition) is 5. The zero-order chi connectivity index (χ0) is 16.7. The molecule has 4 fully saturated rings. The Kier molecular flexibility index (Phi) is 4.55. The summed E-state index contributed by atoms with van der Waals surface area (Å²) in [6.07, 6.45) is 5.43. The van der Waals surface area contributed by atoms with E-state index in [0.29, 0.717) is 23.8 Å². The van der Waals surface area contributed by atoms with Crippen LogP contribution in [0, 0.1) is 11.8 Å². The summed E-state index contributed by atoms with van der Waals surface area (Å²) in [5, 5.41) is 18.8. The first kappa shape index (κ1) is 16.9. The largest absolute Gasteiger partial charge is 0.456 e. The Bertz CT molecular complexity index is 472. The van der Waals surface area contributed by atoms with Crippen molar-refractivity contribution >= 4 is 5.97 Å². The number of aliphatic hydroxyl groups excluding tert-OH is 2. The summed E-state index contributed by atoms with van der Waals surface area (Å²) in [6, 6.07) is 0. The Morgan fingerprint density at radius 3 is 2.43 bits per heavy atom. The van der Waals surface area contributed by atoms with Crippen LogP contribution in [0.25, 0.3) is 0 Å². The molecule has 3 unspecified atom stereocenters. The Morgan fingerprint density at radius 1 is 1.26 bits per heavy atom. The first-order valence-corrected chi connectivity index (χ1v) is 8.67. The molecule has 4 rings (SSSR count). The van der Waals surface area contributed by atoms with Crippen molar-refractivity contribution in [2.45, 2.75) is 69.2 Å². The quantitative estimate of drug-likeness (QED) is 0.553. The Balaban J connectivity index is 1.71. The molecule has 0 radical (unpaired) electrons. The molecular weight excluding hydrogens is 296 g/mol. The lowest BCUT2D eigenvalue weighted by Gasteiger charge is -2.60. The van der Waals surface area contributed by atoms with Gasteiger partial charge in [0.15, 0.2) is 0 Å². The van der Waals surface area contributed by atoms with Crippen molar-refractivity contribution in [1.82, 2.24) is 0 Å². The monoisotopic (exact) mass is 324 g/mol. The van der Waals surface area contributed by atoms with Gasteiger partial charge >= 0.3 is 5.97 Å². The summed E-state index contributed by atoms with van der Waals surface area (Å²) in [7, 11) is 0. The molecule has 0 amide bonds. The van der Waals surface area contributed by atoms with Crippen LogP contribution in [-0.4, -0.2) is 46.7 Å². The van der Waals surface area contributed by atoms with Crippen LogP contribution < -0.4 is 0 Å². The lowest BCUT2D eigenvalue weighted by molar-refractivity contribution is -0.237. The van der Waals surface area contributed by atoms with E-state index in [0.717, 1.165) is 32.1 Å². The zero-order valence-electron chi connectivity index (χ0n) is 13.9. The van der Waals surface area contributed by atoms with Gasteiger partial charge in [0.1, 0.15) is 5.60 Å². The maximum atomic E-state index is 12.1. The van der Waals surface area contributed by atoms with Gasteiger partial charge in [-0.3, -0.25) is 0 Å². The number of aliphatic hydroxyl groups is 2. The van der Waals surface area contributed by atoms with Gasteiger partial charge in [0, 0.05) is 18.6 Å². The Morgan fingerprint density at radius 2 is 1.87 bits per heavy atom. The molecule has 4 aliphatic rings. The van der Waals surface area contributed by atoms with Gasteiger partial charge in [0.25, 0.3) is 0 Å². The van der Waals surface area contributed by atoms with Crippen LogP contribution in [0.5, 0.6) is 0 Å². The van der Waals surface area contributed by atoms with E-state index in [1.54, 1.807) is 6.92 Å². The molecule has 0 spiro atoms. The highest BCUT2D eigenvalue weighted by Gasteiger charge is 2.60. The molecule has 4 saturated carbocycles. The molecule has 0 aromatic heterocycles. The van der Waals surface area contributed by atoms with Gasteiger partial charge in [-0.2, -0.15) is 0 Å². The third kappa shape index (κ3) is 3.47. The van der Waals surface area contributed by atoms with Crippen molar-refractivity contribution in [2.75, 3.05) is 13.2 Å². The lowest BCUT2D eigenvalue weighted by atomic mass is 9.52. The SMILES string of the molecule is C=C(C)C(=O)OC12CC3CC(CC(OCC(O)CCO)(C3)C1)C2. The second-order valence-electron chi connectivity index (χ2n) is 7.97. The van der Waals surface area contributed by atoms with Crippen molar-refractivity contribution in [2.24, 2.45) is 11.8 Å². The summed E-state index contributed by atoms with van der Waals surface area (Å²) in [6.45, 7) is 5.57. The van der Waals surface area contributed by atoms with Gasteiger partial charge in [-0.25, -0.2) is 4.79 Å². The van der Waals surface area contributed by atoms with Crippen molar-refractivity contribution < 1.29 is 24.5 Å². The van der Waals surface area contributed by atoms with Crippen LogP contribution in [0.2, 0.25) is 0 Å². The maximum Gasteiger partial charge on any atom is 0.333 e. The number of esters is 1. The van der Waals surface area contributed by atoms with E-state index < -0.39 is 11.7 Å². The van der Waals surface area contributed by atoms with E-state index in [4.69, 9.17) is 14.6 Å². The van der Waals surface area contributed by atoms with Gasteiger partial charge in [0.2, 0.25) is 0 Å². The van der Waals surface area contributed by atoms with Crippen LogP contribution in [0.4, 0.5) is 0 Å². The van der Waals surface area contributed by atoms with Crippen LogP contribution in [-0.2, 0) is 14.3 Å². The molecule has 5 nitrogen and oxygen atoms in total. The molecule has 3 atom stereocenters. The molecule has 130 valence electrons. The van der Waals surface area contributed by atoms with Crippen molar-refractivity contribution in [3.05, 3.63) is 12.2 Å². The predicted octanol–water partition coefficient (Wildman–Crippen LogP) is 1.96. The van der Waals surface area contributed by atoms with Crippen LogP contribution in [0.15, 0.2) is 12.2 Å². The summed E-state index contributed by atoms with van der Waals surface area (Å²) >= 11 is 0. The number of rotatable bonds is 7. The van der Waals surface area contributed by atoms with Gasteiger partial charge in [-0.05, 0) is 57.3 Å². The topological polar surface area (TPSA) is 76.0 Å². The summed E-state index contributed by atoms with van der Waals surface area (Å²) in [5.74, 6) is 0.760. The highest BCUT2D eigenvalue weighted by molar-refractivity contribution is 5.87. The van der Waals surface area contributed by atoms with E-state index >= 15 is 0 Å². The molecule has 0 heterocycles. The highest BCUT2D eigenvalue weighted by Crippen LogP contribution is 2.60. The average Bonchev–Trinajstić information content (AvgIpc) is 2.43. The van der Waals surface area contributed by atoms with Crippen LogP contribution >= 0.6 is 0 Å². The normalized spacial score (nSPS) is 39.3. The molecule has 5 heteroatoms. The molecule has 4 aliphatic carbocycles. The number of carbonyl (C=O) groups excluding carboxylic acids is 1. The molecule has 4 bridgehead atoms. The molecular formula is C18H28O5. The lowest BCUT2D eigenvalue weighted by Crippen LogP contribution is -2.61. The summed E-state index contributed by atoms with van der Waals surface area (Å²) in [4.78, 5) is 12.1. The predicted molar refractivity (Wildman–Crippen MR) is 84.7 cm³/mol. The zero-order valence-corrected chi connectivity index (χ0v) is 13.9. The Hall–Kier alpha value is -0.910. The molecule has 0 aromatic rings. The fourth-order valence-electron chi connectivity index (χ4n) is 5.17. The Labute approximate surface area is 137 Å². The minimum absolute atomic E-state index is 0.0388. The summed E-state index contributed by atoms with van der Waals surface area (Å²) in [5.41, 5.74) is -0.258. The van der Waals surface area contributed by atoms with Crippen molar-refractivity contribution in [1.29, 1.82) is 0 Å². The second-order valence-corrected chi connectivity index (χ2v) is 7.97. The van der Waals surface area contributed by atoms with Gasteiger partial charge in [0.05, 0.1) is 18.3 Å². The van der Waals surface area contributed by atoms with Crippen molar-refractivity contribution in [3.63, 3.8) is 0 Å². The van der Waals surface area contributed by atoms with E-state index in [1.807, 2.05) is 0 Å². The molecule has 0 aromatic carbocycles. The van der Waals surface area contributed by atoms with E-state index in [-0.39, 0.29) is 24.8 Å². The first-order valence-electron chi connectivity index (χ1n) is 8.67.